The van der Waals surface area contributed by atoms with Gasteiger partial charge in [-0.1, -0.05) is 12.1 Å². The topological polar surface area (TPSA) is 112 Å². The summed E-state index contributed by atoms with van der Waals surface area (Å²) in [5.41, 5.74) is 6.31. The van der Waals surface area contributed by atoms with E-state index in [1.807, 2.05) is 54.7 Å². The molecule has 5 aromatic rings. The van der Waals surface area contributed by atoms with Gasteiger partial charge in [0, 0.05) is 59.7 Å². The fraction of sp³-hybridized carbons (Fsp3) is 0.185. The van der Waals surface area contributed by atoms with E-state index in [4.69, 9.17) is 4.74 Å². The average Bonchev–Trinajstić information content (AvgIpc) is 3.57. The zero-order valence-corrected chi connectivity index (χ0v) is 19.6. The molecule has 1 aromatic carbocycles. The predicted molar refractivity (Wildman–Crippen MR) is 139 cm³/mol. The first-order valence-corrected chi connectivity index (χ1v) is 11.9. The largest absolute Gasteiger partial charge is 0.378 e. The molecule has 3 N–H and O–H groups in total. The zero-order chi connectivity index (χ0) is 24.3. The van der Waals surface area contributed by atoms with E-state index in [9.17, 15) is 4.79 Å². The first-order chi connectivity index (χ1) is 17.7. The molecule has 0 bridgehead atoms. The van der Waals surface area contributed by atoms with Crippen molar-refractivity contribution in [3.05, 3.63) is 78.9 Å². The van der Waals surface area contributed by atoms with Gasteiger partial charge in [-0.25, -0.2) is 4.98 Å². The van der Waals surface area contributed by atoms with Gasteiger partial charge in [-0.05, 0) is 48.0 Å². The first-order valence-electron chi connectivity index (χ1n) is 11.9. The van der Waals surface area contributed by atoms with Gasteiger partial charge in [0.2, 0.25) is 5.91 Å². The molecule has 9 nitrogen and oxygen atoms in total. The number of fused-ring (bicyclic) bond motifs is 1. The van der Waals surface area contributed by atoms with Gasteiger partial charge < -0.3 is 19.9 Å². The number of benzene rings is 1. The number of nitrogens with one attached hydrogen (secondary N) is 3. The number of morpholine rings is 1. The molecule has 0 aliphatic carbocycles. The molecule has 1 fully saturated rings. The maximum atomic E-state index is 12.6. The van der Waals surface area contributed by atoms with Crippen LogP contribution in [-0.4, -0.2) is 57.4 Å². The van der Waals surface area contributed by atoms with Gasteiger partial charge in [0.05, 0.1) is 30.8 Å². The fourth-order valence-electron chi connectivity index (χ4n) is 4.46. The molecule has 1 aliphatic rings. The standard InChI is InChI=1S/C27H25N7O2/c35-26(16-21-15-25(33-32-21)19-5-8-28-9-6-19)30-20-3-1-18(2-4-20)24-17-22-23(31-24)7-10-29-27(22)34-11-13-36-14-12-34/h1-10,15,17,31H,11-14,16H2,(H,30,35)(H,32,33). The second-order valence-corrected chi connectivity index (χ2v) is 8.69. The van der Waals surface area contributed by atoms with E-state index in [0.717, 1.165) is 76.9 Å². The molecule has 1 amide bonds. The fourth-order valence-corrected chi connectivity index (χ4v) is 4.46. The Balaban J connectivity index is 1.14. The molecule has 0 atom stereocenters. The van der Waals surface area contributed by atoms with Gasteiger partial charge in [0.25, 0.3) is 0 Å². The minimum atomic E-state index is -0.112. The number of pyridine rings is 2. The molecule has 36 heavy (non-hydrogen) atoms. The lowest BCUT2D eigenvalue weighted by Gasteiger charge is -2.28. The molecule has 0 spiro atoms. The highest BCUT2D eigenvalue weighted by molar-refractivity contribution is 5.95. The maximum absolute atomic E-state index is 12.6. The SMILES string of the molecule is O=C(Cc1cc(-c2ccncc2)n[nH]1)Nc1ccc(-c2cc3c(N4CCOCC4)nccc3[nH]2)cc1. The van der Waals surface area contributed by atoms with Gasteiger partial charge in [-0.3, -0.25) is 14.9 Å². The number of ether oxygens (including phenoxy) is 1. The van der Waals surface area contributed by atoms with Crippen LogP contribution in [0.2, 0.25) is 0 Å². The van der Waals surface area contributed by atoms with Crippen molar-refractivity contribution in [3.63, 3.8) is 0 Å². The van der Waals surface area contributed by atoms with Gasteiger partial charge in [-0.15, -0.1) is 0 Å². The van der Waals surface area contributed by atoms with Gasteiger partial charge in [-0.2, -0.15) is 5.10 Å². The lowest BCUT2D eigenvalue weighted by atomic mass is 10.1. The molecule has 1 aliphatic heterocycles. The number of carbonyl (C=O) groups is 1. The molecular formula is C27H25N7O2. The van der Waals surface area contributed by atoms with Crippen molar-refractivity contribution >= 4 is 28.3 Å². The number of aromatic amines is 2. The van der Waals surface area contributed by atoms with E-state index < -0.39 is 0 Å². The monoisotopic (exact) mass is 479 g/mol. The summed E-state index contributed by atoms with van der Waals surface area (Å²) < 4.78 is 5.48. The summed E-state index contributed by atoms with van der Waals surface area (Å²) in [6.07, 6.45) is 5.48. The Labute approximate surface area is 207 Å². The molecular weight excluding hydrogens is 454 g/mol. The van der Waals surface area contributed by atoms with Crippen LogP contribution in [0.25, 0.3) is 33.4 Å². The van der Waals surface area contributed by atoms with Crippen LogP contribution in [0.4, 0.5) is 11.5 Å². The Bertz CT molecular complexity index is 1490. The van der Waals surface area contributed by atoms with Crippen molar-refractivity contribution < 1.29 is 9.53 Å². The third-order valence-electron chi connectivity index (χ3n) is 6.28. The maximum Gasteiger partial charge on any atom is 0.230 e. The van der Waals surface area contributed by atoms with Crippen LogP contribution in [-0.2, 0) is 16.0 Å². The molecule has 6 rings (SSSR count). The second-order valence-electron chi connectivity index (χ2n) is 8.69. The molecule has 180 valence electrons. The van der Waals surface area contributed by atoms with Gasteiger partial charge >= 0.3 is 0 Å². The summed E-state index contributed by atoms with van der Waals surface area (Å²) >= 11 is 0. The van der Waals surface area contributed by atoms with E-state index in [2.05, 4.69) is 41.4 Å². The Morgan fingerprint density at radius 3 is 2.58 bits per heavy atom. The van der Waals surface area contributed by atoms with Crippen LogP contribution >= 0.6 is 0 Å². The summed E-state index contributed by atoms with van der Waals surface area (Å²) in [7, 11) is 0. The van der Waals surface area contributed by atoms with E-state index in [1.54, 1.807) is 12.4 Å². The number of rotatable bonds is 6. The minimum Gasteiger partial charge on any atom is -0.378 e. The predicted octanol–water partition coefficient (Wildman–Crippen LogP) is 4.03. The quantitative estimate of drug-likeness (QED) is 0.339. The van der Waals surface area contributed by atoms with Crippen LogP contribution in [0.15, 0.2) is 73.2 Å². The third-order valence-corrected chi connectivity index (χ3v) is 6.28. The first kappa shape index (κ1) is 22.0. The third kappa shape index (κ3) is 4.56. The molecule has 0 saturated carbocycles. The summed E-state index contributed by atoms with van der Waals surface area (Å²) in [4.78, 5) is 27.0. The van der Waals surface area contributed by atoms with Crippen LogP contribution in [0.5, 0.6) is 0 Å². The highest BCUT2D eigenvalue weighted by atomic mass is 16.5. The van der Waals surface area contributed by atoms with Crippen LogP contribution in [0.3, 0.4) is 0 Å². The Morgan fingerprint density at radius 1 is 0.972 bits per heavy atom. The number of carbonyl (C=O) groups excluding carboxylic acids is 1. The summed E-state index contributed by atoms with van der Waals surface area (Å²) in [6.45, 7) is 3.11. The highest BCUT2D eigenvalue weighted by Gasteiger charge is 2.17. The van der Waals surface area contributed by atoms with E-state index in [-0.39, 0.29) is 12.3 Å². The summed E-state index contributed by atoms with van der Waals surface area (Å²) in [6, 6.07) is 17.6. The highest BCUT2D eigenvalue weighted by Crippen LogP contribution is 2.30. The number of aromatic nitrogens is 5. The molecule has 0 unspecified atom stereocenters. The van der Waals surface area contributed by atoms with Crippen molar-refractivity contribution in [2.24, 2.45) is 0 Å². The van der Waals surface area contributed by atoms with Gasteiger partial charge in [0.1, 0.15) is 5.82 Å². The number of nitrogens with zero attached hydrogens (tertiary/aromatic N) is 4. The Hall–Kier alpha value is -4.50. The molecule has 9 heteroatoms. The Morgan fingerprint density at radius 2 is 1.78 bits per heavy atom. The number of anilines is 2. The van der Waals surface area contributed by atoms with Crippen molar-refractivity contribution in [1.82, 2.24) is 25.1 Å². The van der Waals surface area contributed by atoms with Crippen LogP contribution < -0.4 is 10.2 Å². The smallest absolute Gasteiger partial charge is 0.230 e. The van der Waals surface area contributed by atoms with E-state index in [1.165, 1.54) is 0 Å². The van der Waals surface area contributed by atoms with Crippen molar-refractivity contribution in [1.29, 1.82) is 0 Å². The number of hydrogen-bond donors (Lipinski definition) is 3. The number of H-pyrrole nitrogens is 2. The molecule has 4 aromatic heterocycles. The summed E-state index contributed by atoms with van der Waals surface area (Å²) in [5, 5.41) is 11.3. The average molecular weight is 480 g/mol. The van der Waals surface area contributed by atoms with Crippen LogP contribution in [0.1, 0.15) is 5.69 Å². The van der Waals surface area contributed by atoms with Crippen molar-refractivity contribution in [3.8, 4) is 22.5 Å². The van der Waals surface area contributed by atoms with Crippen molar-refractivity contribution in [2.75, 3.05) is 36.5 Å². The number of hydrogen-bond acceptors (Lipinski definition) is 6. The lowest BCUT2D eigenvalue weighted by Crippen LogP contribution is -2.36. The minimum absolute atomic E-state index is 0.112. The lowest BCUT2D eigenvalue weighted by molar-refractivity contribution is -0.115. The summed E-state index contributed by atoms with van der Waals surface area (Å²) in [5.74, 6) is 0.868. The van der Waals surface area contributed by atoms with Crippen LogP contribution in [0, 0.1) is 0 Å². The van der Waals surface area contributed by atoms with E-state index >= 15 is 0 Å². The van der Waals surface area contributed by atoms with E-state index in [0.29, 0.717) is 0 Å². The zero-order valence-electron chi connectivity index (χ0n) is 19.6. The molecule has 0 radical (unpaired) electrons. The molecule has 1 saturated heterocycles. The second kappa shape index (κ2) is 9.63. The number of amides is 1. The molecule has 5 heterocycles. The Kier molecular flexibility index (Phi) is 5.88. The normalized spacial score (nSPS) is 13.7. The van der Waals surface area contributed by atoms with Crippen molar-refractivity contribution in [2.45, 2.75) is 6.42 Å². The van der Waals surface area contributed by atoms with Gasteiger partial charge in [0.15, 0.2) is 0 Å².